The van der Waals surface area contributed by atoms with Gasteiger partial charge in [-0.25, -0.2) is 4.79 Å². The van der Waals surface area contributed by atoms with Gasteiger partial charge < -0.3 is 20.3 Å². The van der Waals surface area contributed by atoms with Gasteiger partial charge in [0.2, 0.25) is 0 Å². The molecule has 0 saturated carbocycles. The van der Waals surface area contributed by atoms with Crippen LogP contribution in [0.4, 0.5) is 10.5 Å². The number of nitrogens with zero attached hydrogens (tertiary/aromatic N) is 1. The number of hydrogen-bond acceptors (Lipinski definition) is 3. The first-order valence-corrected chi connectivity index (χ1v) is 10.4. The summed E-state index contributed by atoms with van der Waals surface area (Å²) in [7, 11) is 0. The normalized spacial score (nSPS) is 11.6. The Morgan fingerprint density at radius 2 is 1.75 bits per heavy atom. The van der Waals surface area contributed by atoms with Gasteiger partial charge in [0.1, 0.15) is 5.69 Å². The van der Waals surface area contributed by atoms with E-state index in [0.29, 0.717) is 10.6 Å². The van der Waals surface area contributed by atoms with E-state index in [1.807, 2.05) is 44.2 Å². The highest BCUT2D eigenvalue weighted by Gasteiger charge is 2.19. The molecule has 3 rings (SSSR count). The molecule has 8 heteroatoms. The molecule has 0 spiro atoms. The summed E-state index contributed by atoms with van der Waals surface area (Å²) in [5, 5.41) is 15.0. The second-order valence-electron chi connectivity index (χ2n) is 7.62. The van der Waals surface area contributed by atoms with Crippen LogP contribution in [0.15, 0.2) is 65.6 Å². The number of aromatic nitrogens is 1. The number of carbonyl (C=O) groups excluding carboxylic acids is 1. The van der Waals surface area contributed by atoms with E-state index in [1.54, 1.807) is 30.5 Å². The van der Waals surface area contributed by atoms with E-state index in [2.05, 4.69) is 10.6 Å². The fraction of sp³-hybridized carbons (Fsp3) is 0.208. The van der Waals surface area contributed by atoms with Crippen molar-refractivity contribution in [2.75, 3.05) is 5.32 Å². The van der Waals surface area contributed by atoms with Crippen molar-refractivity contribution in [2.45, 2.75) is 32.9 Å². The number of carbonyl (C=O) groups is 2. The first kappa shape index (κ1) is 23.1. The number of hydrogen-bond donors (Lipinski definition) is 3. The lowest BCUT2D eigenvalue weighted by Crippen LogP contribution is -2.36. The minimum atomic E-state index is -1.05. The third-order valence-electron chi connectivity index (χ3n) is 4.93. The molecule has 0 unspecified atom stereocenters. The summed E-state index contributed by atoms with van der Waals surface area (Å²) in [6, 6.07) is 14.6. The first-order chi connectivity index (χ1) is 15.2. The third-order valence-corrected chi connectivity index (χ3v) is 5.30. The molecule has 0 aliphatic heterocycles. The number of halogens is 1. The topological polar surface area (TPSA) is 100 Å². The van der Waals surface area contributed by atoms with Crippen LogP contribution in [-0.2, 0) is 11.3 Å². The Morgan fingerprint density at radius 3 is 2.41 bits per heavy atom. The molecule has 1 aromatic heterocycles. The summed E-state index contributed by atoms with van der Waals surface area (Å²) in [4.78, 5) is 36.9. The number of anilines is 1. The maximum absolute atomic E-state index is 12.9. The minimum absolute atomic E-state index is 0.0903. The highest BCUT2D eigenvalue weighted by Crippen LogP contribution is 2.19. The smallest absolute Gasteiger partial charge is 0.319 e. The van der Waals surface area contributed by atoms with Gasteiger partial charge in [-0.2, -0.15) is 0 Å². The molecule has 3 aromatic rings. The van der Waals surface area contributed by atoms with Gasteiger partial charge in [0.05, 0.1) is 19.0 Å². The van der Waals surface area contributed by atoms with Gasteiger partial charge in [-0.15, -0.1) is 0 Å². The van der Waals surface area contributed by atoms with Crippen molar-refractivity contribution in [2.24, 2.45) is 0 Å². The molecule has 1 atom stereocenters. The molecule has 0 bridgehead atoms. The van der Waals surface area contributed by atoms with Gasteiger partial charge in [0.15, 0.2) is 0 Å². The van der Waals surface area contributed by atoms with E-state index < -0.39 is 23.6 Å². The second kappa shape index (κ2) is 10.2. The highest BCUT2D eigenvalue weighted by atomic mass is 35.5. The van der Waals surface area contributed by atoms with Crippen molar-refractivity contribution in [3.8, 4) is 0 Å². The summed E-state index contributed by atoms with van der Waals surface area (Å²) in [6.45, 7) is 3.98. The molecule has 2 amide bonds. The molecule has 0 radical (unpaired) electrons. The molecule has 2 aromatic carbocycles. The van der Waals surface area contributed by atoms with Gasteiger partial charge in [-0.1, -0.05) is 59.6 Å². The predicted molar refractivity (Wildman–Crippen MR) is 124 cm³/mol. The number of nitrogens with one attached hydrogen (secondary N) is 2. The number of aryl methyl sites for hydroxylation is 2. The van der Waals surface area contributed by atoms with Crippen molar-refractivity contribution in [1.82, 2.24) is 9.88 Å². The fourth-order valence-electron chi connectivity index (χ4n) is 3.35. The molecular weight excluding hydrogens is 430 g/mol. The van der Waals surface area contributed by atoms with E-state index in [0.717, 1.165) is 16.7 Å². The average Bonchev–Trinajstić information content (AvgIpc) is 2.72. The summed E-state index contributed by atoms with van der Waals surface area (Å²) in [5.41, 5.74) is 2.92. The number of carboxylic acid groups (broad SMARTS) is 1. The molecule has 1 heterocycles. The lowest BCUT2D eigenvalue weighted by atomic mass is 10.0. The van der Waals surface area contributed by atoms with Gasteiger partial charge in [0.25, 0.3) is 5.56 Å². The molecule has 0 fully saturated rings. The Balaban J connectivity index is 1.81. The van der Waals surface area contributed by atoms with Crippen molar-refractivity contribution in [3.05, 3.63) is 98.4 Å². The van der Waals surface area contributed by atoms with E-state index >= 15 is 0 Å². The molecular formula is C24H24ClN3O4. The van der Waals surface area contributed by atoms with Crippen molar-refractivity contribution in [3.63, 3.8) is 0 Å². The van der Waals surface area contributed by atoms with Crippen LogP contribution in [0.3, 0.4) is 0 Å². The predicted octanol–water partition coefficient (Wildman–Crippen LogP) is 4.50. The molecule has 0 aliphatic carbocycles. The standard InChI is InChI=1S/C24H24ClN3O4/c1-15-7-9-17(10-8-15)20(12-22(29)30)26-24(32)27-21-11-16(2)13-28(23(21)31)14-18-5-3-4-6-19(18)25/h3-11,13,20H,12,14H2,1-2H3,(H,29,30)(H2,26,27,32)/t20-/m0/s1. The van der Waals surface area contributed by atoms with E-state index in [-0.39, 0.29) is 18.7 Å². The maximum atomic E-state index is 12.9. The zero-order chi connectivity index (χ0) is 23.3. The monoisotopic (exact) mass is 453 g/mol. The lowest BCUT2D eigenvalue weighted by molar-refractivity contribution is -0.137. The number of aliphatic carboxylic acids is 1. The third kappa shape index (κ3) is 5.98. The zero-order valence-electron chi connectivity index (χ0n) is 17.8. The van der Waals surface area contributed by atoms with Crippen LogP contribution < -0.4 is 16.2 Å². The van der Waals surface area contributed by atoms with E-state index in [4.69, 9.17) is 11.6 Å². The second-order valence-corrected chi connectivity index (χ2v) is 8.02. The van der Waals surface area contributed by atoms with Crippen LogP contribution in [0.25, 0.3) is 0 Å². The lowest BCUT2D eigenvalue weighted by Gasteiger charge is -2.18. The summed E-state index contributed by atoms with van der Waals surface area (Å²) in [6.07, 6.45) is 1.40. The number of benzene rings is 2. The number of amides is 2. The SMILES string of the molecule is Cc1ccc([C@H](CC(=O)O)NC(=O)Nc2cc(C)cn(Cc3ccccc3Cl)c2=O)cc1. The Bertz CT molecular complexity index is 1190. The van der Waals surface area contributed by atoms with Crippen LogP contribution in [0.1, 0.15) is 34.7 Å². The van der Waals surface area contributed by atoms with Crippen LogP contribution in [0.5, 0.6) is 0 Å². The van der Waals surface area contributed by atoms with Crippen molar-refractivity contribution in [1.29, 1.82) is 0 Å². The van der Waals surface area contributed by atoms with Crippen LogP contribution in [0, 0.1) is 13.8 Å². The minimum Gasteiger partial charge on any atom is -0.481 e. The van der Waals surface area contributed by atoms with Gasteiger partial charge >= 0.3 is 12.0 Å². The Labute approximate surface area is 190 Å². The van der Waals surface area contributed by atoms with Crippen LogP contribution in [0.2, 0.25) is 5.02 Å². The van der Waals surface area contributed by atoms with E-state index in [9.17, 15) is 19.5 Å². The molecule has 0 saturated heterocycles. The average molecular weight is 454 g/mol. The largest absolute Gasteiger partial charge is 0.481 e. The molecule has 32 heavy (non-hydrogen) atoms. The molecule has 166 valence electrons. The quantitative estimate of drug-likeness (QED) is 0.490. The van der Waals surface area contributed by atoms with E-state index in [1.165, 1.54) is 4.57 Å². The Kier molecular flexibility index (Phi) is 7.33. The maximum Gasteiger partial charge on any atom is 0.319 e. The first-order valence-electron chi connectivity index (χ1n) is 10.0. The summed E-state index contributed by atoms with van der Waals surface area (Å²) < 4.78 is 1.47. The number of pyridine rings is 1. The summed E-state index contributed by atoms with van der Waals surface area (Å²) >= 11 is 6.21. The number of carboxylic acids is 1. The molecule has 7 nitrogen and oxygen atoms in total. The molecule has 0 aliphatic rings. The van der Waals surface area contributed by atoms with Crippen LogP contribution >= 0.6 is 11.6 Å². The van der Waals surface area contributed by atoms with Crippen molar-refractivity contribution < 1.29 is 14.7 Å². The Hall–Kier alpha value is -3.58. The highest BCUT2D eigenvalue weighted by molar-refractivity contribution is 6.31. The Morgan fingerprint density at radius 1 is 1.06 bits per heavy atom. The fourth-order valence-corrected chi connectivity index (χ4v) is 3.54. The van der Waals surface area contributed by atoms with Crippen LogP contribution in [-0.4, -0.2) is 21.7 Å². The number of rotatable bonds is 7. The van der Waals surface area contributed by atoms with Gasteiger partial charge in [-0.3, -0.25) is 9.59 Å². The zero-order valence-corrected chi connectivity index (χ0v) is 18.5. The van der Waals surface area contributed by atoms with Crippen molar-refractivity contribution >= 4 is 29.3 Å². The van der Waals surface area contributed by atoms with Gasteiger partial charge in [-0.05, 0) is 42.7 Å². The summed E-state index contributed by atoms with van der Waals surface area (Å²) in [5.74, 6) is -1.05. The molecule has 3 N–H and O–H groups in total. The van der Waals surface area contributed by atoms with Gasteiger partial charge in [0, 0.05) is 11.2 Å². The number of urea groups is 1.